The lowest BCUT2D eigenvalue weighted by Crippen LogP contribution is -2.14. The molecule has 4 nitrogen and oxygen atoms in total. The van der Waals surface area contributed by atoms with Crippen LogP contribution >= 0.6 is 0 Å². The zero-order valence-corrected chi connectivity index (χ0v) is 25.0. The van der Waals surface area contributed by atoms with E-state index in [0.29, 0.717) is 0 Å². The smallest absolute Gasteiger partial charge is 0.0401 e. The number of allylic oxidation sites excluding steroid dienone is 8. The molecular formula is C39H38N4. The lowest BCUT2D eigenvalue weighted by molar-refractivity contribution is 0.911. The van der Waals surface area contributed by atoms with Gasteiger partial charge in [0.1, 0.15) is 0 Å². The molecule has 0 amide bonds. The lowest BCUT2D eigenvalue weighted by Gasteiger charge is -2.16. The Bertz CT molecular complexity index is 1740. The van der Waals surface area contributed by atoms with Crippen LogP contribution in [0.1, 0.15) is 43.4 Å². The van der Waals surface area contributed by atoms with Gasteiger partial charge < -0.3 is 11.1 Å². The van der Waals surface area contributed by atoms with Gasteiger partial charge in [0.25, 0.3) is 0 Å². The molecule has 0 spiro atoms. The van der Waals surface area contributed by atoms with Crippen molar-refractivity contribution in [2.24, 2.45) is 5.73 Å². The fourth-order valence-electron chi connectivity index (χ4n) is 5.20. The van der Waals surface area contributed by atoms with Gasteiger partial charge in [-0.2, -0.15) is 0 Å². The molecule has 3 N–H and O–H groups in total. The number of benzene rings is 2. The molecule has 2 aromatic carbocycles. The monoisotopic (exact) mass is 562 g/mol. The van der Waals surface area contributed by atoms with Crippen molar-refractivity contribution >= 4 is 11.1 Å². The van der Waals surface area contributed by atoms with Gasteiger partial charge in [-0.15, -0.1) is 0 Å². The van der Waals surface area contributed by atoms with Gasteiger partial charge in [-0.25, -0.2) is 0 Å². The van der Waals surface area contributed by atoms with Crippen LogP contribution in [0.25, 0.3) is 33.4 Å². The number of hydrogen-bond acceptors (Lipinski definition) is 4. The highest BCUT2D eigenvalue weighted by Crippen LogP contribution is 2.33. The molecule has 4 heteroatoms. The van der Waals surface area contributed by atoms with Crippen LogP contribution in [0.5, 0.6) is 0 Å². The van der Waals surface area contributed by atoms with Crippen LogP contribution in [-0.2, 0) is 0 Å². The van der Waals surface area contributed by atoms with E-state index in [1.807, 2.05) is 49.1 Å². The van der Waals surface area contributed by atoms with Crippen LogP contribution in [0.4, 0.5) is 0 Å². The Labute approximate surface area is 255 Å². The zero-order valence-electron chi connectivity index (χ0n) is 25.0. The third-order valence-electron chi connectivity index (χ3n) is 7.68. The molecule has 0 radical (unpaired) electrons. The van der Waals surface area contributed by atoms with Gasteiger partial charge in [0.2, 0.25) is 0 Å². The first-order chi connectivity index (χ1) is 21.0. The first-order valence-electron chi connectivity index (χ1n) is 14.6. The second-order valence-electron chi connectivity index (χ2n) is 10.8. The van der Waals surface area contributed by atoms with Crippen LogP contribution in [0, 0.1) is 0 Å². The molecular weight excluding hydrogens is 524 g/mol. The summed E-state index contributed by atoms with van der Waals surface area (Å²) < 4.78 is 0. The molecule has 1 unspecified atom stereocenters. The Morgan fingerprint density at radius 2 is 1.58 bits per heavy atom. The summed E-state index contributed by atoms with van der Waals surface area (Å²) in [7, 11) is 0. The second kappa shape index (κ2) is 14.1. The number of nitrogens with two attached hydrogens (primary N) is 1. The number of nitrogens with zero attached hydrogens (tertiary/aromatic N) is 2. The topological polar surface area (TPSA) is 63.8 Å². The van der Waals surface area contributed by atoms with Crippen molar-refractivity contribution in [1.82, 2.24) is 15.3 Å². The summed E-state index contributed by atoms with van der Waals surface area (Å²) >= 11 is 0. The van der Waals surface area contributed by atoms with Crippen LogP contribution in [0.15, 0.2) is 152 Å². The number of pyridine rings is 2. The average molecular weight is 563 g/mol. The van der Waals surface area contributed by atoms with Crippen molar-refractivity contribution < 1.29 is 0 Å². The van der Waals surface area contributed by atoms with Crippen molar-refractivity contribution in [3.63, 3.8) is 0 Å². The molecule has 4 aromatic rings. The quantitative estimate of drug-likeness (QED) is 0.200. The second-order valence-corrected chi connectivity index (χ2v) is 10.8. The van der Waals surface area contributed by atoms with E-state index < -0.39 is 0 Å². The summed E-state index contributed by atoms with van der Waals surface area (Å²) in [6.07, 6.45) is 23.9. The molecule has 5 rings (SSSR count). The van der Waals surface area contributed by atoms with Crippen LogP contribution in [0.2, 0.25) is 0 Å². The molecule has 1 aliphatic rings. The maximum absolute atomic E-state index is 5.62. The summed E-state index contributed by atoms with van der Waals surface area (Å²) in [6, 6.07) is 23.7. The van der Waals surface area contributed by atoms with Crippen molar-refractivity contribution in [3.05, 3.63) is 168 Å². The van der Waals surface area contributed by atoms with E-state index in [2.05, 4.69) is 115 Å². The maximum Gasteiger partial charge on any atom is 0.0401 e. The first kappa shape index (κ1) is 29.3. The maximum atomic E-state index is 5.62. The molecule has 0 saturated heterocycles. The minimum absolute atomic E-state index is 0.227. The van der Waals surface area contributed by atoms with Crippen molar-refractivity contribution in [2.75, 3.05) is 6.54 Å². The van der Waals surface area contributed by atoms with Crippen LogP contribution in [0.3, 0.4) is 0 Å². The highest BCUT2D eigenvalue weighted by Gasteiger charge is 2.11. The van der Waals surface area contributed by atoms with E-state index in [9.17, 15) is 0 Å². The fourth-order valence-corrected chi connectivity index (χ4v) is 5.20. The highest BCUT2D eigenvalue weighted by atomic mass is 14.8. The molecule has 0 fully saturated rings. The minimum atomic E-state index is 0.227. The van der Waals surface area contributed by atoms with Gasteiger partial charge >= 0.3 is 0 Å². The average Bonchev–Trinajstić information content (AvgIpc) is 3.07. The van der Waals surface area contributed by atoms with E-state index in [1.165, 1.54) is 27.8 Å². The summed E-state index contributed by atoms with van der Waals surface area (Å²) in [6.45, 7) is 7.32. The largest absolute Gasteiger partial charge is 0.405 e. The number of aromatic nitrogens is 2. The predicted octanol–water partition coefficient (Wildman–Crippen LogP) is 8.86. The zero-order chi connectivity index (χ0) is 30.0. The molecule has 2 aromatic heterocycles. The summed E-state index contributed by atoms with van der Waals surface area (Å²) in [5, 5.41) is 3.37. The Hall–Kier alpha value is -5.22. The minimum Gasteiger partial charge on any atom is -0.405 e. The molecule has 43 heavy (non-hydrogen) atoms. The molecule has 1 aliphatic heterocycles. The van der Waals surface area contributed by atoms with Crippen LogP contribution < -0.4 is 11.1 Å². The molecule has 3 heterocycles. The first-order valence-corrected chi connectivity index (χ1v) is 14.6. The third-order valence-corrected chi connectivity index (χ3v) is 7.68. The Kier molecular flexibility index (Phi) is 9.60. The van der Waals surface area contributed by atoms with Crippen LogP contribution in [-0.4, -0.2) is 16.5 Å². The number of hydrogen-bond donors (Lipinski definition) is 2. The molecule has 0 bridgehead atoms. The van der Waals surface area contributed by atoms with E-state index in [-0.39, 0.29) is 5.92 Å². The van der Waals surface area contributed by atoms with Gasteiger partial charge in [-0.3, -0.25) is 9.97 Å². The van der Waals surface area contributed by atoms with E-state index in [4.69, 9.17) is 5.73 Å². The summed E-state index contributed by atoms with van der Waals surface area (Å²) in [5.41, 5.74) is 18.5. The molecule has 214 valence electrons. The SMILES string of the molecule is C/C(=C\C(=C/C(C)c1cccnc1)C1=CC=CNC1)c1cccc(-c2cc(/C(C)=C/C=C\N)cc(-c3cccnc3)c2)c1. The Morgan fingerprint density at radius 3 is 2.28 bits per heavy atom. The predicted molar refractivity (Wildman–Crippen MR) is 182 cm³/mol. The Balaban J connectivity index is 1.55. The van der Waals surface area contributed by atoms with Crippen molar-refractivity contribution in [2.45, 2.75) is 26.7 Å². The lowest BCUT2D eigenvalue weighted by atomic mass is 9.91. The molecule has 1 atom stereocenters. The van der Waals surface area contributed by atoms with Crippen molar-refractivity contribution in [1.29, 1.82) is 0 Å². The van der Waals surface area contributed by atoms with Gasteiger partial charge in [-0.05, 0) is 130 Å². The van der Waals surface area contributed by atoms with E-state index in [1.54, 1.807) is 12.4 Å². The van der Waals surface area contributed by atoms with Gasteiger partial charge in [0.15, 0.2) is 0 Å². The fraction of sp³-hybridized carbons (Fsp3) is 0.128. The summed E-state index contributed by atoms with van der Waals surface area (Å²) in [5.74, 6) is 0.227. The van der Waals surface area contributed by atoms with Gasteiger partial charge in [0.05, 0.1) is 0 Å². The number of dihydropyridines is 1. The molecule has 0 saturated carbocycles. The third kappa shape index (κ3) is 7.55. The highest BCUT2D eigenvalue weighted by molar-refractivity contribution is 5.81. The standard InChI is InChI=1S/C39H38N4/c1-28(9-5-15-40)36-22-38(24-39(23-36)35-14-8-18-43-27-35)32-11-4-10-31(21-32)29(2)19-37(34-13-7-17-42-26-34)20-30(3)33-12-6-16-41-25-33/h4-25,27,30,42H,26,40H2,1-3H3/b15-5-,28-9+,29-19+,37-20+. The number of rotatable bonds is 9. The summed E-state index contributed by atoms with van der Waals surface area (Å²) in [4.78, 5) is 8.69. The van der Waals surface area contributed by atoms with E-state index in [0.717, 1.165) is 39.9 Å². The number of nitrogens with one attached hydrogen (secondary N) is 1. The van der Waals surface area contributed by atoms with Gasteiger partial charge in [-0.1, -0.05) is 61.6 Å². The van der Waals surface area contributed by atoms with Crippen molar-refractivity contribution in [3.8, 4) is 22.3 Å². The molecule has 0 aliphatic carbocycles. The Morgan fingerprint density at radius 1 is 0.837 bits per heavy atom. The normalized spacial score (nSPS) is 14.9. The van der Waals surface area contributed by atoms with Gasteiger partial charge in [0, 0.05) is 42.8 Å². The van der Waals surface area contributed by atoms with E-state index >= 15 is 0 Å².